The topological polar surface area (TPSA) is 113 Å². The Balaban J connectivity index is 1.46. The number of benzene rings is 1. The Labute approximate surface area is 187 Å². The lowest BCUT2D eigenvalue weighted by Crippen LogP contribution is -2.52. The van der Waals surface area contributed by atoms with Crippen LogP contribution in [-0.2, 0) is 28.2 Å². The van der Waals surface area contributed by atoms with Crippen LogP contribution < -0.4 is 15.8 Å². The Morgan fingerprint density at radius 2 is 2.10 bits per heavy atom. The third kappa shape index (κ3) is 6.41. The quantitative estimate of drug-likeness (QED) is 0.400. The molecule has 0 aliphatic heterocycles. The van der Waals surface area contributed by atoms with Gasteiger partial charge < -0.3 is 16.0 Å². The summed E-state index contributed by atoms with van der Waals surface area (Å²) in [5.74, 6) is 0.817. The number of aryl methyl sites for hydroxylation is 1. The number of carbonyl (C=O) groups excluding carboxylic acids is 2. The van der Waals surface area contributed by atoms with Gasteiger partial charge in [0.2, 0.25) is 17.8 Å². The second-order valence-electron chi connectivity index (χ2n) is 7.67. The summed E-state index contributed by atoms with van der Waals surface area (Å²) >= 11 is 1.48. The van der Waals surface area contributed by atoms with Crippen LogP contribution in [0.5, 0.6) is 0 Å². The van der Waals surface area contributed by atoms with E-state index in [0.29, 0.717) is 12.8 Å². The van der Waals surface area contributed by atoms with E-state index >= 15 is 0 Å². The molecule has 2 atom stereocenters. The number of aromatic nitrogens is 2. The highest BCUT2D eigenvalue weighted by Gasteiger charge is 2.28. The molecule has 0 bridgehead atoms. The van der Waals surface area contributed by atoms with Gasteiger partial charge in [-0.05, 0) is 36.8 Å². The predicted octanol–water partition coefficient (Wildman–Crippen LogP) is 1.71. The van der Waals surface area contributed by atoms with Gasteiger partial charge in [0.15, 0.2) is 0 Å². The van der Waals surface area contributed by atoms with Gasteiger partial charge in [0.25, 0.3) is 0 Å². The van der Waals surface area contributed by atoms with E-state index in [1.54, 1.807) is 13.2 Å². The summed E-state index contributed by atoms with van der Waals surface area (Å²) < 4.78 is 3.10. The molecule has 2 unspecified atom stereocenters. The van der Waals surface area contributed by atoms with Crippen LogP contribution in [0, 0.1) is 0 Å². The number of rotatable bonds is 9. The lowest BCUT2D eigenvalue weighted by Gasteiger charge is -2.30. The van der Waals surface area contributed by atoms with Crippen LogP contribution >= 0.6 is 11.9 Å². The van der Waals surface area contributed by atoms with Gasteiger partial charge in [0.1, 0.15) is 6.04 Å². The number of likely N-dealkylation sites (N-methyl/N-ethyl adjacent to an activating group) is 1. The number of carbonyl (C=O) groups is 2. The highest BCUT2D eigenvalue weighted by atomic mass is 32.2. The van der Waals surface area contributed by atoms with E-state index in [4.69, 9.17) is 5.73 Å². The van der Waals surface area contributed by atoms with Crippen molar-refractivity contribution in [2.75, 3.05) is 19.3 Å². The molecule has 0 fully saturated rings. The zero-order valence-corrected chi connectivity index (χ0v) is 18.8. The zero-order valence-electron chi connectivity index (χ0n) is 18.0. The van der Waals surface area contributed by atoms with Gasteiger partial charge in [-0.3, -0.25) is 14.3 Å². The van der Waals surface area contributed by atoms with Crippen molar-refractivity contribution in [3.63, 3.8) is 0 Å². The van der Waals surface area contributed by atoms with Crippen molar-refractivity contribution in [3.05, 3.63) is 53.3 Å². The molecule has 8 nitrogen and oxygen atoms in total. The zero-order chi connectivity index (χ0) is 22.2. The monoisotopic (exact) mass is 442 g/mol. The summed E-state index contributed by atoms with van der Waals surface area (Å²) in [5.41, 5.74) is 8.81. The molecule has 9 heteroatoms. The fourth-order valence-electron chi connectivity index (χ4n) is 3.70. The molecule has 166 valence electrons. The van der Waals surface area contributed by atoms with Crippen molar-refractivity contribution >= 4 is 29.7 Å². The van der Waals surface area contributed by atoms with E-state index < -0.39 is 6.04 Å². The highest BCUT2D eigenvalue weighted by Crippen LogP contribution is 2.20. The first-order valence-electron chi connectivity index (χ1n) is 10.5. The van der Waals surface area contributed by atoms with Gasteiger partial charge in [0, 0.05) is 30.7 Å². The number of anilines is 1. The Kier molecular flexibility index (Phi) is 8.25. The molecule has 0 spiro atoms. The maximum absolute atomic E-state index is 12.9. The first-order valence-corrected chi connectivity index (χ1v) is 11.5. The SMILES string of the molecule is CCC(C(=O)NC1CCc2nc(N)ncc2C1)N(C)C(=O)CNSCc1ccccc1. The molecule has 0 saturated heterocycles. The molecular weight excluding hydrogens is 412 g/mol. The third-order valence-electron chi connectivity index (χ3n) is 5.47. The summed E-state index contributed by atoms with van der Waals surface area (Å²) in [5, 5.41) is 3.10. The van der Waals surface area contributed by atoms with Crippen molar-refractivity contribution in [1.29, 1.82) is 0 Å². The molecule has 1 heterocycles. The van der Waals surface area contributed by atoms with Crippen molar-refractivity contribution in [3.8, 4) is 0 Å². The number of fused-ring (bicyclic) bond motifs is 1. The lowest BCUT2D eigenvalue weighted by molar-refractivity contribution is -0.138. The Morgan fingerprint density at radius 3 is 2.84 bits per heavy atom. The summed E-state index contributed by atoms with van der Waals surface area (Å²) in [6, 6.07) is 9.56. The van der Waals surface area contributed by atoms with Crippen molar-refractivity contribution < 1.29 is 9.59 Å². The van der Waals surface area contributed by atoms with E-state index in [9.17, 15) is 9.59 Å². The van der Waals surface area contributed by atoms with Crippen LogP contribution in [0.1, 0.15) is 36.6 Å². The smallest absolute Gasteiger partial charge is 0.243 e. The first kappa shape index (κ1) is 23.0. The van der Waals surface area contributed by atoms with Crippen molar-refractivity contribution in [2.45, 2.75) is 50.4 Å². The van der Waals surface area contributed by atoms with Gasteiger partial charge in [-0.2, -0.15) is 0 Å². The Bertz CT molecular complexity index is 895. The number of nitrogens with zero attached hydrogens (tertiary/aromatic N) is 3. The second-order valence-corrected chi connectivity index (χ2v) is 8.54. The standard InChI is InChI=1S/C22H30N6O2S/c1-3-19(28(2)20(29)13-25-31-14-15-7-5-4-6-8-15)21(30)26-17-9-10-18-16(11-17)12-24-22(23)27-18/h4-8,12,17,19,25H,3,9-11,13-14H2,1-2H3,(H,26,30)(H2,23,24,27). The molecule has 4 N–H and O–H groups in total. The summed E-state index contributed by atoms with van der Waals surface area (Å²) in [7, 11) is 1.69. The van der Waals surface area contributed by atoms with E-state index in [1.165, 1.54) is 22.4 Å². The van der Waals surface area contributed by atoms with Gasteiger partial charge >= 0.3 is 0 Å². The lowest BCUT2D eigenvalue weighted by atomic mass is 9.92. The van der Waals surface area contributed by atoms with Crippen molar-refractivity contribution in [2.24, 2.45) is 0 Å². The third-order valence-corrected chi connectivity index (χ3v) is 6.30. The van der Waals surface area contributed by atoms with Gasteiger partial charge in [0.05, 0.1) is 6.54 Å². The Morgan fingerprint density at radius 1 is 1.32 bits per heavy atom. The normalized spacial score (nSPS) is 16.3. The number of hydrogen-bond donors (Lipinski definition) is 3. The van der Waals surface area contributed by atoms with Crippen LogP contribution in [0.3, 0.4) is 0 Å². The van der Waals surface area contributed by atoms with Crippen LogP contribution in [0.15, 0.2) is 36.5 Å². The molecule has 1 aliphatic rings. The van der Waals surface area contributed by atoms with Crippen LogP contribution in [0.4, 0.5) is 5.95 Å². The Hall–Kier alpha value is -2.65. The predicted molar refractivity (Wildman–Crippen MR) is 123 cm³/mol. The molecular formula is C22H30N6O2S. The molecule has 1 aromatic carbocycles. The molecule has 0 radical (unpaired) electrons. The van der Waals surface area contributed by atoms with Crippen LogP contribution in [-0.4, -0.2) is 52.4 Å². The highest BCUT2D eigenvalue weighted by molar-refractivity contribution is 7.96. The maximum atomic E-state index is 12.9. The molecule has 1 aliphatic carbocycles. The number of nitrogens with one attached hydrogen (secondary N) is 2. The van der Waals surface area contributed by atoms with Crippen LogP contribution in [0.2, 0.25) is 0 Å². The molecule has 3 rings (SSSR count). The maximum Gasteiger partial charge on any atom is 0.243 e. The molecule has 1 aromatic heterocycles. The van der Waals surface area contributed by atoms with E-state index in [1.807, 2.05) is 37.3 Å². The van der Waals surface area contributed by atoms with Crippen LogP contribution in [0.25, 0.3) is 0 Å². The van der Waals surface area contributed by atoms with E-state index in [0.717, 1.165) is 29.9 Å². The van der Waals surface area contributed by atoms with Gasteiger partial charge in [-0.15, -0.1) is 0 Å². The summed E-state index contributed by atoms with van der Waals surface area (Å²) in [4.78, 5) is 35.3. The minimum atomic E-state index is -0.502. The average molecular weight is 443 g/mol. The number of nitrogen functional groups attached to an aromatic ring is 1. The van der Waals surface area contributed by atoms with Gasteiger partial charge in [-0.1, -0.05) is 49.2 Å². The fraction of sp³-hybridized carbons (Fsp3) is 0.455. The molecule has 0 saturated carbocycles. The molecule has 31 heavy (non-hydrogen) atoms. The number of hydrogen-bond acceptors (Lipinski definition) is 7. The average Bonchev–Trinajstić information content (AvgIpc) is 2.77. The van der Waals surface area contributed by atoms with E-state index in [-0.39, 0.29) is 30.3 Å². The second kappa shape index (κ2) is 11.1. The first-order chi connectivity index (χ1) is 15.0. The number of nitrogens with two attached hydrogens (primary N) is 1. The van der Waals surface area contributed by atoms with Gasteiger partial charge in [-0.25, -0.2) is 9.97 Å². The minimum Gasteiger partial charge on any atom is -0.368 e. The molecule has 2 aromatic rings. The number of amides is 2. The largest absolute Gasteiger partial charge is 0.368 e. The summed E-state index contributed by atoms with van der Waals surface area (Å²) in [6.07, 6.45) is 4.51. The minimum absolute atomic E-state index is 0.00401. The fourth-order valence-corrected chi connectivity index (χ4v) is 4.39. The van der Waals surface area contributed by atoms with Crippen molar-refractivity contribution in [1.82, 2.24) is 24.9 Å². The summed E-state index contributed by atoms with van der Waals surface area (Å²) in [6.45, 7) is 2.09. The molecule has 2 amide bonds. The van der Waals surface area contributed by atoms with E-state index in [2.05, 4.69) is 20.0 Å².